The first-order valence-corrected chi connectivity index (χ1v) is 18.3. The van der Waals surface area contributed by atoms with Crippen molar-refractivity contribution in [2.24, 2.45) is 10.9 Å². The molecule has 4 atom stereocenters. The van der Waals surface area contributed by atoms with Crippen LogP contribution in [0.2, 0.25) is 10.0 Å². The van der Waals surface area contributed by atoms with E-state index in [0.29, 0.717) is 41.0 Å². The van der Waals surface area contributed by atoms with E-state index in [4.69, 9.17) is 28.2 Å². The van der Waals surface area contributed by atoms with E-state index in [2.05, 4.69) is 37.5 Å². The van der Waals surface area contributed by atoms with Gasteiger partial charge in [0, 0.05) is 53.5 Å². The lowest BCUT2D eigenvalue weighted by atomic mass is 9.81. The molecule has 2 saturated heterocycles. The minimum absolute atomic E-state index is 0.0133. The molecule has 0 radical (unpaired) electrons. The third kappa shape index (κ3) is 5.60. The number of fused-ring (bicyclic) bond motifs is 1. The van der Waals surface area contributed by atoms with Gasteiger partial charge in [0.1, 0.15) is 16.5 Å². The molecule has 0 bridgehead atoms. The monoisotopic (exact) mass is 695 g/mol. The summed E-state index contributed by atoms with van der Waals surface area (Å²) in [6.45, 7) is 11.3. The Hall–Kier alpha value is -2.56. The Bertz CT molecular complexity index is 1630. The van der Waals surface area contributed by atoms with Gasteiger partial charge in [-0.3, -0.25) is 14.5 Å². The molecule has 7 rings (SSSR count). The Morgan fingerprint density at radius 1 is 1.02 bits per heavy atom. The van der Waals surface area contributed by atoms with Crippen LogP contribution in [0.25, 0.3) is 0 Å². The van der Waals surface area contributed by atoms with Crippen molar-refractivity contribution in [2.75, 3.05) is 32.8 Å². The fourth-order valence-corrected chi connectivity index (χ4v) is 9.85. The number of likely N-dealkylation sites (tertiary alicyclic amines) is 1. The number of β-amino-alcohol motifs (C(OH)–C–C–N with tert-alkyl or cyclic N) is 1. The topological polar surface area (TPSA) is 79.7 Å². The van der Waals surface area contributed by atoms with Gasteiger partial charge in [0.2, 0.25) is 5.91 Å². The van der Waals surface area contributed by atoms with Crippen LogP contribution in [0.5, 0.6) is 0 Å². The number of aliphatic hydroxyl groups is 1. The number of carbonyl (C=O) groups is 2. The van der Waals surface area contributed by atoms with Crippen molar-refractivity contribution in [3.63, 3.8) is 0 Å². The second-order valence-corrected chi connectivity index (χ2v) is 16.0. The number of piperazine rings is 1. The zero-order chi connectivity index (χ0) is 33.2. The van der Waals surface area contributed by atoms with Gasteiger partial charge in [0.15, 0.2) is 5.17 Å². The number of aliphatic imine (C=N–C) groups is 1. The summed E-state index contributed by atoms with van der Waals surface area (Å²) in [7, 11) is 0. The van der Waals surface area contributed by atoms with E-state index < -0.39 is 11.6 Å². The van der Waals surface area contributed by atoms with Gasteiger partial charge in [-0.25, -0.2) is 4.99 Å². The van der Waals surface area contributed by atoms with Crippen molar-refractivity contribution in [3.8, 4) is 0 Å². The second-order valence-electron chi connectivity index (χ2n) is 14.2. The van der Waals surface area contributed by atoms with Crippen LogP contribution in [0.4, 0.5) is 0 Å². The summed E-state index contributed by atoms with van der Waals surface area (Å²) in [5.74, 6) is -0.000304. The highest BCUT2D eigenvalue weighted by molar-refractivity contribution is 8.18. The Kier molecular flexibility index (Phi) is 8.69. The molecule has 11 heteroatoms. The predicted molar refractivity (Wildman–Crippen MR) is 188 cm³/mol. The first-order valence-electron chi connectivity index (χ1n) is 16.8. The molecule has 3 fully saturated rings. The van der Waals surface area contributed by atoms with Gasteiger partial charge in [0.25, 0.3) is 5.91 Å². The van der Waals surface area contributed by atoms with Crippen molar-refractivity contribution in [1.29, 1.82) is 0 Å². The Morgan fingerprint density at radius 3 is 2.30 bits per heavy atom. The number of benzene rings is 2. The highest BCUT2D eigenvalue weighted by Gasteiger charge is 2.56. The van der Waals surface area contributed by atoms with Gasteiger partial charge in [-0.15, -0.1) is 0 Å². The minimum Gasteiger partial charge on any atom is -0.395 e. The van der Waals surface area contributed by atoms with Crippen LogP contribution in [0.1, 0.15) is 70.5 Å². The lowest BCUT2D eigenvalue weighted by Crippen LogP contribution is -2.60. The molecule has 1 saturated carbocycles. The fourth-order valence-electron chi connectivity index (χ4n) is 8.25. The summed E-state index contributed by atoms with van der Waals surface area (Å²) < 4.78 is 0. The lowest BCUT2D eigenvalue weighted by Gasteiger charge is -2.43. The van der Waals surface area contributed by atoms with Gasteiger partial charge in [-0.1, -0.05) is 61.3 Å². The van der Waals surface area contributed by atoms with Crippen molar-refractivity contribution in [3.05, 3.63) is 80.3 Å². The molecule has 0 unspecified atom stereocenters. The quantitative estimate of drug-likeness (QED) is 0.367. The van der Waals surface area contributed by atoms with E-state index in [1.165, 1.54) is 11.8 Å². The van der Waals surface area contributed by atoms with Crippen molar-refractivity contribution in [1.82, 2.24) is 19.6 Å². The molecule has 250 valence electrons. The van der Waals surface area contributed by atoms with Gasteiger partial charge in [-0.05, 0) is 92.6 Å². The van der Waals surface area contributed by atoms with Gasteiger partial charge >= 0.3 is 0 Å². The molecule has 47 heavy (non-hydrogen) atoms. The highest BCUT2D eigenvalue weighted by atomic mass is 35.5. The van der Waals surface area contributed by atoms with Crippen LogP contribution in [0.3, 0.4) is 0 Å². The number of amides is 2. The number of carbonyl (C=O) groups excluding carboxylic acids is 2. The molecule has 2 aromatic rings. The number of thioether (sulfide) groups is 1. The van der Waals surface area contributed by atoms with E-state index in [0.717, 1.165) is 47.8 Å². The Labute approximate surface area is 291 Å². The highest BCUT2D eigenvalue weighted by Crippen LogP contribution is 2.56. The summed E-state index contributed by atoms with van der Waals surface area (Å²) in [6.07, 6.45) is 3.55. The van der Waals surface area contributed by atoms with Gasteiger partial charge < -0.3 is 19.8 Å². The van der Waals surface area contributed by atoms with E-state index >= 15 is 0 Å². The number of aliphatic hydroxyl groups excluding tert-OH is 1. The number of nitrogens with zero attached hydrogens (tertiary/aromatic N) is 5. The number of rotatable bonds is 7. The molecular weight excluding hydrogens is 653 g/mol. The first-order chi connectivity index (χ1) is 22.5. The molecule has 1 aliphatic carbocycles. The van der Waals surface area contributed by atoms with Crippen molar-refractivity contribution >= 4 is 51.9 Å². The summed E-state index contributed by atoms with van der Waals surface area (Å²) in [6, 6.07) is 15.0. The maximum atomic E-state index is 14.8. The number of amidine groups is 1. The molecule has 4 heterocycles. The van der Waals surface area contributed by atoms with E-state index in [1.807, 2.05) is 58.3 Å². The van der Waals surface area contributed by atoms with Gasteiger partial charge in [-0.2, -0.15) is 0 Å². The van der Waals surface area contributed by atoms with Crippen LogP contribution in [0.15, 0.2) is 64.1 Å². The first kappa shape index (κ1) is 33.0. The lowest BCUT2D eigenvalue weighted by molar-refractivity contribution is -0.145. The fraction of sp³-hybridized carbons (Fsp3) is 0.528. The summed E-state index contributed by atoms with van der Waals surface area (Å²) in [5.41, 5.74) is 2.37. The summed E-state index contributed by atoms with van der Waals surface area (Å²) >= 11 is 14.1. The van der Waals surface area contributed by atoms with Crippen LogP contribution in [-0.2, 0) is 15.1 Å². The summed E-state index contributed by atoms with van der Waals surface area (Å²) in [5, 5.41) is 11.7. The van der Waals surface area contributed by atoms with Crippen LogP contribution in [0, 0.1) is 5.92 Å². The molecule has 2 aromatic carbocycles. The zero-order valence-electron chi connectivity index (χ0n) is 27.5. The third-order valence-corrected chi connectivity index (χ3v) is 12.4. The van der Waals surface area contributed by atoms with E-state index in [1.54, 1.807) is 0 Å². The normalized spacial score (nSPS) is 28.5. The number of allylic oxidation sites excluding steroid dienone is 1. The average molecular weight is 697 g/mol. The number of halogens is 2. The van der Waals surface area contributed by atoms with Crippen LogP contribution in [-0.4, -0.2) is 92.1 Å². The van der Waals surface area contributed by atoms with Crippen molar-refractivity contribution < 1.29 is 14.7 Å². The second kappa shape index (κ2) is 12.4. The maximum absolute atomic E-state index is 14.8. The van der Waals surface area contributed by atoms with Crippen molar-refractivity contribution in [2.45, 2.75) is 82.6 Å². The molecule has 5 aliphatic rings. The predicted octanol–water partition coefficient (Wildman–Crippen LogP) is 6.28. The number of hydrogen-bond acceptors (Lipinski definition) is 7. The van der Waals surface area contributed by atoms with E-state index in [-0.39, 0.29) is 42.0 Å². The molecule has 4 aliphatic heterocycles. The molecule has 8 nitrogen and oxygen atoms in total. The molecule has 1 spiro atoms. The third-order valence-electron chi connectivity index (χ3n) is 10.9. The Balaban J connectivity index is 1.22. The SMILES string of the molecule is CC(C)C1=C(C(=O)N2[C@H](C)CC[C@H]2C(=O)N2CCN(CCO)C3(CC3)C2)SC2=N[C@@](C)(c3ccc(Cl)cc3)[C@@H](c3ccc(Cl)cc3)N21. The molecule has 1 N–H and O–H groups in total. The Morgan fingerprint density at radius 2 is 1.68 bits per heavy atom. The van der Waals surface area contributed by atoms with Gasteiger partial charge in [0.05, 0.1) is 12.6 Å². The van der Waals surface area contributed by atoms with E-state index in [9.17, 15) is 14.7 Å². The smallest absolute Gasteiger partial charge is 0.263 e. The summed E-state index contributed by atoms with van der Waals surface area (Å²) in [4.78, 5) is 43.4. The molecule has 2 amide bonds. The van der Waals surface area contributed by atoms with Crippen LogP contribution < -0.4 is 0 Å². The zero-order valence-corrected chi connectivity index (χ0v) is 29.8. The standard InChI is InChI=1S/C36H43Cl2N5O3S/c1-22(2)29-30(33(46)42-23(3)5-14-28(42)32(45)40-17-18-41(19-20-44)36(21-40)15-16-36)47-34-39-35(4,25-8-12-27(38)13-9-25)31(43(29)34)24-6-10-26(37)11-7-24/h6-13,22-23,28,31,44H,5,14-21H2,1-4H3/t23-,28+,31-,35+/m1/s1. The number of hydrogen-bond donors (Lipinski definition) is 1. The maximum Gasteiger partial charge on any atom is 0.263 e. The average Bonchev–Trinajstić information content (AvgIpc) is 3.40. The minimum atomic E-state index is -0.647. The molecule has 0 aromatic heterocycles. The molecular formula is C36H43Cl2N5O3S. The van der Waals surface area contributed by atoms with Crippen LogP contribution >= 0.6 is 35.0 Å². The largest absolute Gasteiger partial charge is 0.395 e.